The SMILES string of the molecule is Cc1cc(C#N)cc(C(=O)NC(C)C2CC2)c1NC(=O)c1cc(Cn2cc(C(F)(F)F)nn2)nn1-c1ncccc1Cl. The minimum atomic E-state index is -4.68. The molecule has 1 fully saturated rings. The number of nitriles is 1. The van der Waals surface area contributed by atoms with Gasteiger partial charge in [0.1, 0.15) is 5.69 Å². The third-order valence-corrected chi connectivity index (χ3v) is 7.02. The van der Waals surface area contributed by atoms with Crippen LogP contribution in [0.15, 0.2) is 42.7 Å². The molecule has 2 N–H and O–H groups in total. The molecule has 0 aliphatic heterocycles. The molecule has 0 bridgehead atoms. The molecule has 42 heavy (non-hydrogen) atoms. The predicted octanol–water partition coefficient (Wildman–Crippen LogP) is 4.54. The number of nitrogens with one attached hydrogen (secondary N) is 2. The highest BCUT2D eigenvalue weighted by Crippen LogP contribution is 2.33. The number of hydrogen-bond acceptors (Lipinski definition) is 7. The van der Waals surface area contributed by atoms with Crippen LogP contribution >= 0.6 is 11.6 Å². The Bertz CT molecular complexity index is 1720. The second-order valence-electron chi connectivity index (χ2n) is 9.92. The molecule has 0 spiro atoms. The predicted molar refractivity (Wildman–Crippen MR) is 144 cm³/mol. The van der Waals surface area contributed by atoms with Crippen molar-refractivity contribution < 1.29 is 22.8 Å². The van der Waals surface area contributed by atoms with Crippen LogP contribution in [0.1, 0.15) is 63.1 Å². The number of aromatic nitrogens is 6. The molecule has 216 valence electrons. The number of rotatable bonds is 8. The third kappa shape index (κ3) is 6.10. The lowest BCUT2D eigenvalue weighted by Gasteiger charge is -2.18. The fourth-order valence-electron chi connectivity index (χ4n) is 4.41. The van der Waals surface area contributed by atoms with Crippen LogP contribution in [-0.4, -0.2) is 47.6 Å². The molecule has 1 unspecified atom stereocenters. The number of halogens is 4. The summed E-state index contributed by atoms with van der Waals surface area (Å²) in [7, 11) is 0. The van der Waals surface area contributed by atoms with Gasteiger partial charge in [0, 0.05) is 12.2 Å². The van der Waals surface area contributed by atoms with Crippen molar-refractivity contribution in [2.24, 2.45) is 5.92 Å². The normalized spacial score (nSPS) is 13.8. The van der Waals surface area contributed by atoms with Crippen molar-refractivity contribution in [2.75, 3.05) is 5.32 Å². The number of carbonyl (C=O) groups excluding carboxylic acids is 2. The second kappa shape index (κ2) is 11.2. The summed E-state index contributed by atoms with van der Waals surface area (Å²) in [6, 6.07) is 9.35. The van der Waals surface area contributed by atoms with E-state index >= 15 is 0 Å². The summed E-state index contributed by atoms with van der Waals surface area (Å²) in [5, 5.41) is 26.3. The standard InChI is InChI=1S/C27H23ClF3N9O2/c1-14-8-16(11-32)9-19(25(41)34-15(2)17-5-6-17)23(14)35-26(42)21-10-18(12-39-13-22(36-38-39)27(29,30)31)37-40(21)24-20(28)4-3-7-33-24/h3-4,7-10,13,15,17H,5-6,12H2,1-2H3,(H,34,41)(H,35,42). The van der Waals surface area contributed by atoms with E-state index in [1.54, 1.807) is 13.0 Å². The molecule has 0 saturated heterocycles. The van der Waals surface area contributed by atoms with Crippen LogP contribution < -0.4 is 10.6 Å². The molecule has 3 heterocycles. The van der Waals surface area contributed by atoms with E-state index in [9.17, 15) is 28.0 Å². The fraction of sp³-hybridized carbons (Fsp3) is 0.296. The molecule has 3 aromatic heterocycles. The number of nitrogens with zero attached hydrogens (tertiary/aromatic N) is 7. The van der Waals surface area contributed by atoms with Gasteiger partial charge in [-0.25, -0.2) is 14.3 Å². The largest absolute Gasteiger partial charge is 0.436 e. The van der Waals surface area contributed by atoms with Gasteiger partial charge in [0.15, 0.2) is 11.5 Å². The average molecular weight is 598 g/mol. The van der Waals surface area contributed by atoms with Crippen LogP contribution in [-0.2, 0) is 12.7 Å². The summed E-state index contributed by atoms with van der Waals surface area (Å²) in [4.78, 5) is 31.2. The first kappa shape index (κ1) is 28.7. The molecule has 4 aromatic rings. The Labute approximate surface area is 242 Å². The van der Waals surface area contributed by atoms with Gasteiger partial charge >= 0.3 is 6.18 Å². The Morgan fingerprint density at radius 2 is 2.00 bits per heavy atom. The number of alkyl halides is 3. The molecule has 2 amide bonds. The topological polar surface area (TPSA) is 143 Å². The third-order valence-electron chi connectivity index (χ3n) is 6.72. The number of carbonyl (C=O) groups is 2. The van der Waals surface area contributed by atoms with Gasteiger partial charge in [-0.05, 0) is 68.5 Å². The summed E-state index contributed by atoms with van der Waals surface area (Å²) in [5.41, 5.74) is -0.0735. The van der Waals surface area contributed by atoms with Gasteiger partial charge < -0.3 is 10.6 Å². The summed E-state index contributed by atoms with van der Waals surface area (Å²) >= 11 is 6.33. The Morgan fingerprint density at radius 3 is 2.64 bits per heavy atom. The smallest absolute Gasteiger partial charge is 0.349 e. The van der Waals surface area contributed by atoms with Crippen molar-refractivity contribution in [3.63, 3.8) is 0 Å². The van der Waals surface area contributed by atoms with Crippen LogP contribution in [0, 0.1) is 24.2 Å². The lowest BCUT2D eigenvalue weighted by Crippen LogP contribution is -2.35. The highest BCUT2D eigenvalue weighted by molar-refractivity contribution is 6.32. The Morgan fingerprint density at radius 1 is 1.24 bits per heavy atom. The number of hydrogen-bond donors (Lipinski definition) is 2. The van der Waals surface area contributed by atoms with E-state index in [0.717, 1.165) is 28.4 Å². The van der Waals surface area contributed by atoms with E-state index in [0.29, 0.717) is 11.5 Å². The summed E-state index contributed by atoms with van der Waals surface area (Å²) < 4.78 is 41.1. The number of anilines is 1. The van der Waals surface area contributed by atoms with E-state index in [-0.39, 0.29) is 51.6 Å². The van der Waals surface area contributed by atoms with Crippen molar-refractivity contribution >= 4 is 29.1 Å². The number of benzene rings is 1. The fourth-order valence-corrected chi connectivity index (χ4v) is 4.61. The first-order valence-electron chi connectivity index (χ1n) is 12.8. The highest BCUT2D eigenvalue weighted by Gasteiger charge is 2.35. The van der Waals surface area contributed by atoms with E-state index in [1.807, 2.05) is 13.0 Å². The molecule has 1 atom stereocenters. The zero-order valence-electron chi connectivity index (χ0n) is 22.3. The van der Waals surface area contributed by atoms with E-state index in [4.69, 9.17) is 11.6 Å². The molecule has 0 radical (unpaired) electrons. The molecule has 1 aliphatic carbocycles. The van der Waals surface area contributed by atoms with Gasteiger partial charge in [-0.1, -0.05) is 16.8 Å². The van der Waals surface area contributed by atoms with Crippen molar-refractivity contribution in [1.29, 1.82) is 5.26 Å². The zero-order valence-corrected chi connectivity index (χ0v) is 23.0. The minimum Gasteiger partial charge on any atom is -0.349 e. The van der Waals surface area contributed by atoms with E-state index in [1.165, 1.54) is 30.5 Å². The number of amides is 2. The van der Waals surface area contributed by atoms with Gasteiger partial charge in [0.05, 0.1) is 46.3 Å². The molecule has 15 heteroatoms. The first-order chi connectivity index (χ1) is 19.9. The molecule has 1 aromatic carbocycles. The summed E-state index contributed by atoms with van der Waals surface area (Å²) in [6.07, 6.45) is -0.497. The van der Waals surface area contributed by atoms with Crippen LogP contribution in [0.2, 0.25) is 5.02 Å². The van der Waals surface area contributed by atoms with Crippen LogP contribution in [0.3, 0.4) is 0 Å². The number of pyridine rings is 1. The molecule has 1 aliphatic rings. The summed E-state index contributed by atoms with van der Waals surface area (Å²) in [5.74, 6) is -0.682. The van der Waals surface area contributed by atoms with Gasteiger partial charge in [0.2, 0.25) is 0 Å². The van der Waals surface area contributed by atoms with Crippen LogP contribution in [0.5, 0.6) is 0 Å². The quantitative estimate of drug-likeness (QED) is 0.303. The Kier molecular flexibility index (Phi) is 7.70. The molecule has 5 rings (SSSR count). The zero-order chi connectivity index (χ0) is 30.2. The van der Waals surface area contributed by atoms with E-state index < -0.39 is 23.7 Å². The average Bonchev–Trinajstić information content (AvgIpc) is 3.54. The maximum Gasteiger partial charge on any atom is 0.436 e. The Balaban J connectivity index is 1.51. The minimum absolute atomic E-state index is 0.0665. The molecule has 1 saturated carbocycles. The van der Waals surface area contributed by atoms with Crippen molar-refractivity contribution in [1.82, 2.24) is 35.1 Å². The summed E-state index contributed by atoms with van der Waals surface area (Å²) in [6.45, 7) is 3.31. The van der Waals surface area contributed by atoms with Crippen molar-refractivity contribution in [3.8, 4) is 11.9 Å². The van der Waals surface area contributed by atoms with Crippen molar-refractivity contribution in [3.05, 3.63) is 81.5 Å². The maximum absolute atomic E-state index is 13.7. The molecular weight excluding hydrogens is 575 g/mol. The number of aryl methyl sites for hydroxylation is 1. The van der Waals surface area contributed by atoms with Gasteiger partial charge in [-0.15, -0.1) is 5.10 Å². The lowest BCUT2D eigenvalue weighted by atomic mass is 10.0. The van der Waals surface area contributed by atoms with Crippen LogP contribution in [0.4, 0.5) is 18.9 Å². The van der Waals surface area contributed by atoms with Gasteiger partial charge in [-0.2, -0.15) is 23.5 Å². The first-order valence-corrected chi connectivity index (χ1v) is 13.2. The van der Waals surface area contributed by atoms with Crippen molar-refractivity contribution in [2.45, 2.75) is 45.5 Å². The van der Waals surface area contributed by atoms with Gasteiger partial charge in [0.25, 0.3) is 11.8 Å². The monoisotopic (exact) mass is 597 g/mol. The second-order valence-corrected chi connectivity index (χ2v) is 10.3. The lowest BCUT2D eigenvalue weighted by molar-refractivity contribution is -0.141. The van der Waals surface area contributed by atoms with Gasteiger partial charge in [-0.3, -0.25) is 9.59 Å². The highest BCUT2D eigenvalue weighted by atomic mass is 35.5. The molecular formula is C27H23ClF3N9O2. The van der Waals surface area contributed by atoms with E-state index in [2.05, 4.69) is 31.0 Å². The molecule has 11 nitrogen and oxygen atoms in total. The maximum atomic E-state index is 13.7. The Hall–Kier alpha value is -4.77. The van der Waals surface area contributed by atoms with Crippen LogP contribution in [0.25, 0.3) is 5.82 Å².